The molecule has 0 aliphatic heterocycles. The van der Waals surface area contributed by atoms with Crippen LogP contribution in [-0.2, 0) is 5.88 Å². The third kappa shape index (κ3) is 2.19. The van der Waals surface area contributed by atoms with Gasteiger partial charge in [-0.05, 0) is 25.5 Å². The number of nitro groups is 1. The van der Waals surface area contributed by atoms with Crippen LogP contribution in [0.25, 0.3) is 5.69 Å². The van der Waals surface area contributed by atoms with E-state index in [1.54, 1.807) is 17.7 Å². The maximum absolute atomic E-state index is 10.7. The minimum atomic E-state index is -0.445. The van der Waals surface area contributed by atoms with E-state index in [9.17, 15) is 10.1 Å². The fourth-order valence-electron chi connectivity index (χ4n) is 1.75. The molecule has 0 spiro atoms. The van der Waals surface area contributed by atoms with E-state index in [0.717, 1.165) is 0 Å². The Balaban J connectivity index is 2.58. The molecule has 0 bridgehead atoms. The van der Waals surface area contributed by atoms with Gasteiger partial charge in [-0.1, -0.05) is 0 Å². The van der Waals surface area contributed by atoms with Gasteiger partial charge in [0.2, 0.25) is 0 Å². The van der Waals surface area contributed by atoms with Crippen molar-refractivity contribution in [3.05, 3.63) is 45.5 Å². The van der Waals surface area contributed by atoms with Crippen molar-refractivity contribution in [1.82, 2.24) is 14.8 Å². The topological polar surface area (TPSA) is 73.8 Å². The van der Waals surface area contributed by atoms with Crippen molar-refractivity contribution in [2.75, 3.05) is 0 Å². The minimum Gasteiger partial charge on any atom is -0.258 e. The molecule has 2 rings (SSSR count). The van der Waals surface area contributed by atoms with Crippen LogP contribution < -0.4 is 0 Å². The fourth-order valence-corrected chi connectivity index (χ4v) is 1.96. The van der Waals surface area contributed by atoms with Crippen LogP contribution in [0.15, 0.2) is 18.2 Å². The molecule has 0 atom stereocenters. The van der Waals surface area contributed by atoms with Gasteiger partial charge >= 0.3 is 0 Å². The first-order valence-corrected chi connectivity index (χ1v) is 5.80. The highest BCUT2D eigenvalue weighted by Gasteiger charge is 2.14. The molecular formula is C11H11ClN4O2. The second-order valence-corrected chi connectivity index (χ2v) is 4.09. The Morgan fingerprint density at radius 1 is 1.44 bits per heavy atom. The highest BCUT2D eigenvalue weighted by atomic mass is 35.5. The zero-order valence-electron chi connectivity index (χ0n) is 9.92. The first kappa shape index (κ1) is 12.5. The third-order valence-electron chi connectivity index (χ3n) is 2.52. The number of aromatic nitrogens is 3. The molecule has 0 saturated heterocycles. The number of non-ortho nitro benzene ring substituents is 1. The number of nitro benzene ring substituents is 1. The summed E-state index contributed by atoms with van der Waals surface area (Å²) >= 11 is 5.83. The molecule has 1 aromatic carbocycles. The van der Waals surface area contributed by atoms with E-state index < -0.39 is 4.92 Å². The van der Waals surface area contributed by atoms with E-state index in [-0.39, 0.29) is 11.6 Å². The lowest BCUT2D eigenvalue weighted by atomic mass is 10.2. The van der Waals surface area contributed by atoms with Crippen molar-refractivity contribution in [2.45, 2.75) is 19.7 Å². The van der Waals surface area contributed by atoms with Crippen molar-refractivity contribution < 1.29 is 4.92 Å². The first-order valence-electron chi connectivity index (χ1n) is 5.27. The highest BCUT2D eigenvalue weighted by molar-refractivity contribution is 6.17. The molecule has 0 amide bonds. The molecule has 0 fully saturated rings. The van der Waals surface area contributed by atoms with Crippen LogP contribution in [0.4, 0.5) is 5.69 Å². The summed E-state index contributed by atoms with van der Waals surface area (Å²) in [6, 6.07) is 4.53. The monoisotopic (exact) mass is 266 g/mol. The SMILES string of the molecule is Cc1nc(C)n(-c2ccc([N+](=O)[O-])cc2CCl)n1. The van der Waals surface area contributed by atoms with Crippen molar-refractivity contribution in [2.24, 2.45) is 0 Å². The Morgan fingerprint density at radius 3 is 2.67 bits per heavy atom. The lowest BCUT2D eigenvalue weighted by molar-refractivity contribution is -0.384. The molecule has 0 unspecified atom stereocenters. The highest BCUT2D eigenvalue weighted by Crippen LogP contribution is 2.23. The maximum Gasteiger partial charge on any atom is 0.269 e. The van der Waals surface area contributed by atoms with E-state index in [1.165, 1.54) is 12.1 Å². The number of benzene rings is 1. The van der Waals surface area contributed by atoms with E-state index in [4.69, 9.17) is 11.6 Å². The smallest absolute Gasteiger partial charge is 0.258 e. The van der Waals surface area contributed by atoms with E-state index in [2.05, 4.69) is 10.1 Å². The zero-order chi connectivity index (χ0) is 13.3. The molecule has 0 radical (unpaired) electrons. The molecule has 94 valence electrons. The summed E-state index contributed by atoms with van der Waals surface area (Å²) in [5.41, 5.74) is 1.39. The molecule has 0 aliphatic rings. The summed E-state index contributed by atoms with van der Waals surface area (Å²) in [5, 5.41) is 15.0. The minimum absolute atomic E-state index is 0.0175. The van der Waals surface area contributed by atoms with Gasteiger partial charge in [-0.15, -0.1) is 11.6 Å². The molecule has 0 N–H and O–H groups in total. The van der Waals surface area contributed by atoms with Crippen molar-refractivity contribution in [3.8, 4) is 5.69 Å². The molecule has 0 saturated carbocycles. The fraction of sp³-hybridized carbons (Fsp3) is 0.273. The Morgan fingerprint density at radius 2 is 2.17 bits per heavy atom. The van der Waals surface area contributed by atoms with Gasteiger partial charge in [0, 0.05) is 18.0 Å². The van der Waals surface area contributed by atoms with Crippen molar-refractivity contribution >= 4 is 17.3 Å². The van der Waals surface area contributed by atoms with Crippen molar-refractivity contribution in [3.63, 3.8) is 0 Å². The van der Waals surface area contributed by atoms with Gasteiger partial charge in [-0.3, -0.25) is 10.1 Å². The average Bonchev–Trinajstić information content (AvgIpc) is 2.67. The summed E-state index contributed by atoms with van der Waals surface area (Å²) in [4.78, 5) is 14.5. The van der Waals surface area contributed by atoms with Gasteiger partial charge in [0.05, 0.1) is 10.6 Å². The standard InChI is InChI=1S/C11H11ClN4O2/c1-7-13-8(2)15(14-7)11-4-3-10(16(17)18)5-9(11)6-12/h3-5H,6H2,1-2H3. The van der Waals surface area contributed by atoms with Gasteiger partial charge in [0.25, 0.3) is 5.69 Å². The number of halogens is 1. The molecule has 6 nitrogen and oxygen atoms in total. The largest absolute Gasteiger partial charge is 0.269 e. The molecule has 18 heavy (non-hydrogen) atoms. The van der Waals surface area contributed by atoms with E-state index in [1.807, 2.05) is 6.92 Å². The number of hydrogen-bond donors (Lipinski definition) is 0. The van der Waals surface area contributed by atoms with Crippen LogP contribution in [-0.4, -0.2) is 19.7 Å². The van der Waals surface area contributed by atoms with Crippen LogP contribution in [0, 0.1) is 24.0 Å². The number of rotatable bonds is 3. The number of alkyl halides is 1. The Kier molecular flexibility index (Phi) is 3.29. The molecular weight excluding hydrogens is 256 g/mol. The van der Waals surface area contributed by atoms with Gasteiger partial charge in [-0.25, -0.2) is 9.67 Å². The lowest BCUT2D eigenvalue weighted by Gasteiger charge is -2.07. The molecule has 0 aliphatic carbocycles. The summed E-state index contributed by atoms with van der Waals surface area (Å²) in [7, 11) is 0. The molecule has 2 aromatic rings. The molecule has 1 heterocycles. The third-order valence-corrected chi connectivity index (χ3v) is 2.81. The average molecular weight is 267 g/mol. The van der Waals surface area contributed by atoms with E-state index >= 15 is 0 Å². The van der Waals surface area contributed by atoms with E-state index in [0.29, 0.717) is 22.9 Å². The van der Waals surface area contributed by atoms with Crippen LogP contribution in [0.2, 0.25) is 0 Å². The lowest BCUT2D eigenvalue weighted by Crippen LogP contribution is -2.03. The van der Waals surface area contributed by atoms with Crippen LogP contribution in [0.3, 0.4) is 0 Å². The van der Waals surface area contributed by atoms with Crippen LogP contribution in [0.5, 0.6) is 0 Å². The second-order valence-electron chi connectivity index (χ2n) is 3.82. The number of hydrogen-bond acceptors (Lipinski definition) is 4. The second kappa shape index (κ2) is 4.73. The summed E-state index contributed by atoms with van der Waals surface area (Å²) in [6.45, 7) is 3.61. The molecule has 1 aromatic heterocycles. The summed E-state index contributed by atoms with van der Waals surface area (Å²) < 4.78 is 1.64. The Labute approximate surface area is 108 Å². The number of aryl methyl sites for hydroxylation is 2. The van der Waals surface area contributed by atoms with Crippen molar-refractivity contribution in [1.29, 1.82) is 0 Å². The van der Waals surface area contributed by atoms with Gasteiger partial charge in [0.1, 0.15) is 11.6 Å². The van der Waals surface area contributed by atoms with Gasteiger partial charge in [0.15, 0.2) is 0 Å². The predicted molar refractivity (Wildman–Crippen MR) is 67.0 cm³/mol. The number of nitrogens with zero attached hydrogens (tertiary/aromatic N) is 4. The summed E-state index contributed by atoms with van der Waals surface area (Å²) in [5.74, 6) is 1.54. The summed E-state index contributed by atoms with van der Waals surface area (Å²) in [6.07, 6.45) is 0. The quantitative estimate of drug-likeness (QED) is 0.486. The normalized spacial score (nSPS) is 10.6. The Hall–Kier alpha value is -1.95. The van der Waals surface area contributed by atoms with Crippen LogP contribution in [0.1, 0.15) is 17.2 Å². The predicted octanol–water partition coefficient (Wildman–Crippen LogP) is 2.53. The Bertz CT molecular complexity index is 609. The van der Waals surface area contributed by atoms with Gasteiger partial charge < -0.3 is 0 Å². The molecule has 7 heteroatoms. The zero-order valence-corrected chi connectivity index (χ0v) is 10.7. The maximum atomic E-state index is 10.7. The van der Waals surface area contributed by atoms with Gasteiger partial charge in [-0.2, -0.15) is 5.10 Å². The first-order chi connectivity index (χ1) is 8.52. The van der Waals surface area contributed by atoms with Crippen LogP contribution >= 0.6 is 11.6 Å².